The third-order valence-electron chi connectivity index (χ3n) is 5.92. The van der Waals surface area contributed by atoms with Crippen LogP contribution in [0.15, 0.2) is 60.9 Å². The molecule has 1 unspecified atom stereocenters. The van der Waals surface area contributed by atoms with Crippen LogP contribution in [0.2, 0.25) is 0 Å². The SMILES string of the molecule is CCOc1ccccc1OC1CCCN(c2ncc(C(=O)NCc3cccc(N(C)SOC)c3)cn2)C1. The first-order valence-corrected chi connectivity index (χ1v) is 13.0. The van der Waals surface area contributed by atoms with Crippen LogP contribution in [0.5, 0.6) is 11.5 Å². The minimum absolute atomic E-state index is 0.000900. The quantitative estimate of drug-likeness (QED) is 0.288. The van der Waals surface area contributed by atoms with E-state index in [-0.39, 0.29) is 12.0 Å². The van der Waals surface area contributed by atoms with Gasteiger partial charge in [0.25, 0.3) is 5.91 Å². The number of carbonyl (C=O) groups is 1. The van der Waals surface area contributed by atoms with Crippen LogP contribution in [0.25, 0.3) is 0 Å². The van der Waals surface area contributed by atoms with Crippen molar-refractivity contribution in [2.75, 3.05) is 43.1 Å². The Morgan fingerprint density at radius 3 is 2.70 bits per heavy atom. The van der Waals surface area contributed by atoms with Crippen molar-refractivity contribution in [1.29, 1.82) is 0 Å². The molecule has 1 aliphatic heterocycles. The Labute approximate surface area is 222 Å². The Balaban J connectivity index is 1.32. The average molecular weight is 524 g/mol. The molecule has 10 heteroatoms. The summed E-state index contributed by atoms with van der Waals surface area (Å²) in [5, 5.41) is 2.94. The summed E-state index contributed by atoms with van der Waals surface area (Å²) in [5.74, 6) is 1.87. The number of nitrogens with one attached hydrogen (secondary N) is 1. The molecule has 3 aromatic rings. The largest absolute Gasteiger partial charge is 0.490 e. The standard InChI is InChI=1S/C27H33N5O4S/c1-4-35-24-12-5-6-13-25(24)36-23-11-8-14-32(19-23)27-29-17-21(18-30-27)26(33)28-16-20-9-7-10-22(15-20)31(2)37-34-3/h5-7,9-10,12-13,15,17-18,23H,4,8,11,14,16,19H2,1-3H3,(H,28,33). The lowest BCUT2D eigenvalue weighted by molar-refractivity contribution is 0.0950. The van der Waals surface area contributed by atoms with Crippen molar-refractivity contribution in [1.82, 2.24) is 15.3 Å². The molecule has 0 saturated carbocycles. The van der Waals surface area contributed by atoms with Crippen molar-refractivity contribution in [3.8, 4) is 11.5 Å². The summed E-state index contributed by atoms with van der Waals surface area (Å²) in [4.78, 5) is 23.7. The molecule has 1 fully saturated rings. The fraction of sp³-hybridized carbons (Fsp3) is 0.370. The Hall–Kier alpha value is -3.50. The highest BCUT2D eigenvalue weighted by Crippen LogP contribution is 2.29. The van der Waals surface area contributed by atoms with E-state index in [9.17, 15) is 4.79 Å². The number of anilines is 2. The van der Waals surface area contributed by atoms with Gasteiger partial charge in [-0.1, -0.05) is 24.3 Å². The number of carbonyl (C=O) groups excluding carboxylic acids is 1. The van der Waals surface area contributed by atoms with E-state index in [4.69, 9.17) is 13.7 Å². The molecule has 2 heterocycles. The van der Waals surface area contributed by atoms with Crippen molar-refractivity contribution >= 4 is 29.8 Å². The van der Waals surface area contributed by atoms with E-state index in [2.05, 4.69) is 20.2 Å². The molecule has 37 heavy (non-hydrogen) atoms. The Morgan fingerprint density at radius 1 is 1.16 bits per heavy atom. The fourth-order valence-corrected chi connectivity index (χ4v) is 4.54. The molecule has 1 aliphatic rings. The second-order valence-electron chi connectivity index (χ2n) is 8.57. The van der Waals surface area contributed by atoms with E-state index in [0.717, 1.165) is 42.1 Å². The van der Waals surface area contributed by atoms with E-state index in [1.165, 1.54) is 12.2 Å². The number of amides is 1. The van der Waals surface area contributed by atoms with Gasteiger partial charge in [0, 0.05) is 38.2 Å². The molecule has 4 rings (SSSR count). The molecular weight excluding hydrogens is 490 g/mol. The summed E-state index contributed by atoms with van der Waals surface area (Å²) >= 11 is 1.24. The predicted octanol–water partition coefficient (Wildman–Crippen LogP) is 4.50. The summed E-state index contributed by atoms with van der Waals surface area (Å²) in [7, 11) is 3.54. The van der Waals surface area contributed by atoms with Crippen molar-refractivity contribution in [3.63, 3.8) is 0 Å². The van der Waals surface area contributed by atoms with Gasteiger partial charge in [-0.15, -0.1) is 0 Å². The first kappa shape index (κ1) is 26.6. The number of nitrogens with zero attached hydrogens (tertiary/aromatic N) is 4. The average Bonchev–Trinajstić information content (AvgIpc) is 2.93. The molecule has 9 nitrogen and oxygen atoms in total. The molecule has 1 aromatic heterocycles. The van der Waals surface area contributed by atoms with Crippen molar-refractivity contribution in [3.05, 3.63) is 72.1 Å². The van der Waals surface area contributed by atoms with Crippen LogP contribution in [0.4, 0.5) is 11.6 Å². The Kier molecular flexibility index (Phi) is 9.45. The molecular formula is C27H33N5O4S. The lowest BCUT2D eigenvalue weighted by Gasteiger charge is -2.33. The number of aromatic nitrogens is 2. The van der Waals surface area contributed by atoms with Crippen LogP contribution in [0.1, 0.15) is 35.7 Å². The Morgan fingerprint density at radius 2 is 1.95 bits per heavy atom. The van der Waals surface area contributed by atoms with Crippen molar-refractivity contribution < 1.29 is 18.5 Å². The normalized spacial score (nSPS) is 15.2. The molecule has 1 amide bonds. The van der Waals surface area contributed by atoms with E-state index < -0.39 is 0 Å². The van der Waals surface area contributed by atoms with Crippen LogP contribution >= 0.6 is 12.2 Å². The zero-order valence-electron chi connectivity index (χ0n) is 21.4. The van der Waals surface area contributed by atoms with Gasteiger partial charge >= 0.3 is 0 Å². The van der Waals surface area contributed by atoms with Gasteiger partial charge in [0.05, 0.1) is 25.8 Å². The molecule has 2 aromatic carbocycles. The van der Waals surface area contributed by atoms with Gasteiger partial charge in [-0.05, 0) is 49.6 Å². The molecule has 0 bridgehead atoms. The summed E-state index contributed by atoms with van der Waals surface area (Å²) in [6.07, 6.45) is 5.06. The first-order valence-electron chi connectivity index (χ1n) is 12.3. The topological polar surface area (TPSA) is 89.1 Å². The van der Waals surface area contributed by atoms with Gasteiger partial charge in [0.2, 0.25) is 5.95 Å². The van der Waals surface area contributed by atoms with E-state index >= 15 is 0 Å². The van der Waals surface area contributed by atoms with Crippen LogP contribution in [0, 0.1) is 0 Å². The summed E-state index contributed by atoms with van der Waals surface area (Å²) < 4.78 is 19.0. The second-order valence-corrected chi connectivity index (χ2v) is 9.60. The van der Waals surface area contributed by atoms with Crippen molar-refractivity contribution in [2.24, 2.45) is 0 Å². The van der Waals surface area contributed by atoms with Gasteiger partial charge in [0.1, 0.15) is 18.3 Å². The molecule has 1 saturated heterocycles. The minimum Gasteiger partial charge on any atom is -0.490 e. The highest BCUT2D eigenvalue weighted by atomic mass is 32.2. The van der Waals surface area contributed by atoms with Gasteiger partial charge in [-0.2, -0.15) is 0 Å². The number of hydrogen-bond acceptors (Lipinski definition) is 9. The number of piperidine rings is 1. The number of para-hydroxylation sites is 2. The molecule has 1 atom stereocenters. The summed E-state index contributed by atoms with van der Waals surface area (Å²) in [5.41, 5.74) is 2.39. The monoisotopic (exact) mass is 523 g/mol. The minimum atomic E-state index is -0.219. The highest BCUT2D eigenvalue weighted by Gasteiger charge is 2.24. The number of rotatable bonds is 11. The summed E-state index contributed by atoms with van der Waals surface area (Å²) in [6.45, 7) is 4.44. The molecule has 0 radical (unpaired) electrons. The van der Waals surface area contributed by atoms with E-state index in [1.54, 1.807) is 19.5 Å². The van der Waals surface area contributed by atoms with Crippen molar-refractivity contribution in [2.45, 2.75) is 32.4 Å². The molecule has 1 N–H and O–H groups in total. The zero-order valence-corrected chi connectivity index (χ0v) is 22.2. The van der Waals surface area contributed by atoms with Crippen LogP contribution in [-0.2, 0) is 10.7 Å². The Bertz CT molecular complexity index is 1160. The van der Waals surface area contributed by atoms with Crippen LogP contribution in [-0.4, -0.2) is 55.8 Å². The predicted molar refractivity (Wildman–Crippen MR) is 146 cm³/mol. The van der Waals surface area contributed by atoms with Gasteiger partial charge in [-0.3, -0.25) is 9.10 Å². The maximum Gasteiger partial charge on any atom is 0.254 e. The fourth-order valence-electron chi connectivity index (χ4n) is 4.12. The van der Waals surface area contributed by atoms with Gasteiger partial charge < -0.3 is 23.9 Å². The smallest absolute Gasteiger partial charge is 0.254 e. The second kappa shape index (κ2) is 13.2. The van der Waals surface area contributed by atoms with Gasteiger partial charge in [-0.25, -0.2) is 9.97 Å². The lowest BCUT2D eigenvalue weighted by atomic mass is 10.1. The number of ether oxygens (including phenoxy) is 2. The summed E-state index contributed by atoms with van der Waals surface area (Å²) in [6, 6.07) is 15.6. The molecule has 0 aliphatic carbocycles. The third-order valence-corrected chi connectivity index (χ3v) is 6.50. The third kappa shape index (κ3) is 7.27. The van der Waals surface area contributed by atoms with E-state index in [1.807, 2.05) is 66.8 Å². The maximum atomic E-state index is 12.7. The molecule has 196 valence electrons. The first-order chi connectivity index (χ1) is 18.1. The zero-order chi connectivity index (χ0) is 26.0. The van der Waals surface area contributed by atoms with Crippen LogP contribution < -0.4 is 24.0 Å². The van der Waals surface area contributed by atoms with Crippen LogP contribution in [0.3, 0.4) is 0 Å². The number of benzene rings is 2. The van der Waals surface area contributed by atoms with Gasteiger partial charge in [0.15, 0.2) is 11.5 Å². The highest BCUT2D eigenvalue weighted by molar-refractivity contribution is 7.96. The lowest BCUT2D eigenvalue weighted by Crippen LogP contribution is -2.42. The van der Waals surface area contributed by atoms with E-state index in [0.29, 0.717) is 31.2 Å². The number of hydrogen-bond donors (Lipinski definition) is 1. The molecule has 0 spiro atoms. The maximum absolute atomic E-state index is 12.7.